The van der Waals surface area contributed by atoms with E-state index in [4.69, 9.17) is 9.84 Å². The average molecular weight is 889 g/mol. The van der Waals surface area contributed by atoms with Crippen molar-refractivity contribution in [2.45, 2.75) is 123 Å². The molecule has 0 saturated heterocycles. The molecule has 0 bridgehead atoms. The minimum atomic E-state index is -1.18. The van der Waals surface area contributed by atoms with Crippen molar-refractivity contribution in [3.8, 4) is 22.4 Å². The molecule has 0 aliphatic carbocycles. The molecule has 0 aliphatic rings. The fourth-order valence-corrected chi connectivity index (χ4v) is 7.17. The molecular weight excluding hydrogens is 820 g/mol. The summed E-state index contributed by atoms with van der Waals surface area (Å²) in [6, 6.07) is 24.8. The molecule has 0 spiro atoms. The largest absolute Gasteiger partial charge is 0.481 e. The van der Waals surface area contributed by atoms with Crippen LogP contribution < -0.4 is 5.32 Å². The van der Waals surface area contributed by atoms with E-state index < -0.39 is 24.6 Å². The van der Waals surface area contributed by atoms with Gasteiger partial charge in [0.2, 0.25) is 0 Å². The summed E-state index contributed by atoms with van der Waals surface area (Å²) in [7, 11) is 0. The van der Waals surface area contributed by atoms with Crippen molar-refractivity contribution in [2.75, 3.05) is 11.9 Å². The Morgan fingerprint density at radius 2 is 1.28 bits per heavy atom. The molecule has 4 rings (SSSR count). The molecule has 4 N–H and O–H groups in total. The summed E-state index contributed by atoms with van der Waals surface area (Å²) in [4.78, 5) is 36.2. The summed E-state index contributed by atoms with van der Waals surface area (Å²) >= 11 is 0. The maximum atomic E-state index is 14.0. The number of aliphatic carboxylic acids is 1. The number of carbonyl (C=O) groups excluding carboxylic acids is 2. The fourth-order valence-electron chi connectivity index (χ4n) is 7.17. The summed E-state index contributed by atoms with van der Waals surface area (Å²) in [5.41, 5.74) is 4.77. The van der Waals surface area contributed by atoms with Crippen LogP contribution in [0.5, 0.6) is 0 Å². The van der Waals surface area contributed by atoms with Gasteiger partial charge in [0.25, 0.3) is 5.91 Å². The Morgan fingerprint density at radius 1 is 0.723 bits per heavy atom. The summed E-state index contributed by atoms with van der Waals surface area (Å²) < 4.78 is 20.9. The second-order valence-corrected chi connectivity index (χ2v) is 15.8. The lowest BCUT2D eigenvalue weighted by atomic mass is 9.94. The number of nitrogens with one attached hydrogen (secondary N) is 1. The van der Waals surface area contributed by atoms with E-state index in [0.717, 1.165) is 56.2 Å². The molecule has 4 aromatic rings. The van der Waals surface area contributed by atoms with Gasteiger partial charge in [0, 0.05) is 29.9 Å². The van der Waals surface area contributed by atoms with Gasteiger partial charge in [0.15, 0.2) is 0 Å². The Hall–Kier alpha value is -6.10. The van der Waals surface area contributed by atoms with Gasteiger partial charge >= 0.3 is 11.9 Å². The van der Waals surface area contributed by atoms with Crippen molar-refractivity contribution in [1.82, 2.24) is 4.57 Å². The number of hydrogen-bond donors (Lipinski definition) is 4. The third kappa shape index (κ3) is 20.1. The molecule has 1 amide bonds. The van der Waals surface area contributed by atoms with Gasteiger partial charge in [0.05, 0.1) is 36.5 Å². The molecule has 0 radical (unpaired) electrons. The van der Waals surface area contributed by atoms with Crippen LogP contribution in [-0.4, -0.2) is 56.5 Å². The van der Waals surface area contributed by atoms with Crippen molar-refractivity contribution in [3.05, 3.63) is 163 Å². The monoisotopic (exact) mass is 889 g/mol. The van der Waals surface area contributed by atoms with Gasteiger partial charge in [-0.25, -0.2) is 4.39 Å². The maximum Gasteiger partial charge on any atom is 0.305 e. The Balaban J connectivity index is 0.000000401. The van der Waals surface area contributed by atoms with Crippen LogP contribution in [0.2, 0.25) is 0 Å². The Morgan fingerprint density at radius 3 is 1.82 bits per heavy atom. The minimum Gasteiger partial charge on any atom is -0.481 e. The Kier molecular flexibility index (Phi) is 25.3. The number of rotatable bonds is 26. The zero-order valence-corrected chi connectivity index (χ0v) is 38.6. The second-order valence-electron chi connectivity index (χ2n) is 15.8. The number of unbranched alkanes of at least 4 members (excludes halogenated alkanes) is 1. The number of hydrogen-bond acceptors (Lipinski definition) is 6. The number of ether oxygens (including phenoxy) is 1. The first-order valence-electron chi connectivity index (χ1n) is 22.9. The molecule has 3 aromatic carbocycles. The molecular formula is C55H69FN2O7. The van der Waals surface area contributed by atoms with Gasteiger partial charge in [-0.1, -0.05) is 130 Å². The smallest absolute Gasteiger partial charge is 0.305 e. The van der Waals surface area contributed by atoms with Crippen LogP contribution in [0, 0.1) is 5.82 Å². The number of benzene rings is 3. The van der Waals surface area contributed by atoms with Gasteiger partial charge in [-0.05, 0) is 118 Å². The molecule has 0 unspecified atom stereocenters. The van der Waals surface area contributed by atoms with Gasteiger partial charge in [-0.3, -0.25) is 14.4 Å². The van der Waals surface area contributed by atoms with Gasteiger partial charge < -0.3 is 29.9 Å². The second kappa shape index (κ2) is 30.9. The lowest BCUT2D eigenvalue weighted by Crippen LogP contribution is -2.22. The summed E-state index contributed by atoms with van der Waals surface area (Å²) in [6.45, 7) is 8.71. The van der Waals surface area contributed by atoms with Crippen LogP contribution in [0.4, 0.5) is 10.1 Å². The lowest BCUT2D eigenvalue weighted by Gasteiger charge is -2.20. The molecule has 0 saturated carbocycles. The van der Waals surface area contributed by atoms with Crippen molar-refractivity contribution in [3.63, 3.8) is 0 Å². The number of aromatic nitrogens is 1. The van der Waals surface area contributed by atoms with Crippen molar-refractivity contribution < 1.29 is 38.8 Å². The first-order chi connectivity index (χ1) is 31.5. The number of carboxylic acid groups (broad SMARTS) is 1. The summed E-state index contributed by atoms with van der Waals surface area (Å²) in [6.07, 6.45) is 26.8. The zero-order chi connectivity index (χ0) is 47.2. The topological polar surface area (TPSA) is 138 Å². The SMILES string of the molecule is CC(C)c1c(C(=O)Nc2ccccc2)c(-c2ccccc2)c(-c2ccc(F)cc2)n1CC[C@@H](O)C[C@@H](O)CC(=O)O.CC/C=C\C/C=C\C/C=C\C/C=C\C/C=C\CCCC(=O)OCC. The summed E-state index contributed by atoms with van der Waals surface area (Å²) in [5.74, 6) is -2.03. The molecule has 1 heterocycles. The summed E-state index contributed by atoms with van der Waals surface area (Å²) in [5, 5.41) is 32.8. The molecule has 9 nitrogen and oxygen atoms in total. The Bertz CT molecular complexity index is 2150. The minimum absolute atomic E-state index is 0.0927. The predicted molar refractivity (Wildman–Crippen MR) is 262 cm³/mol. The molecule has 65 heavy (non-hydrogen) atoms. The van der Waals surface area contributed by atoms with Gasteiger partial charge in [0.1, 0.15) is 5.82 Å². The van der Waals surface area contributed by atoms with E-state index in [9.17, 15) is 29.0 Å². The number of carboxylic acids is 1. The number of anilines is 1. The quantitative estimate of drug-likeness (QED) is 0.0280. The number of halogens is 1. The molecule has 10 heteroatoms. The number of para-hydroxylation sites is 1. The highest BCUT2D eigenvalue weighted by Crippen LogP contribution is 2.42. The van der Waals surface area contributed by atoms with Crippen LogP contribution in [0.1, 0.15) is 120 Å². The molecule has 1 aromatic heterocycles. The molecule has 2 atom stereocenters. The highest BCUT2D eigenvalue weighted by molar-refractivity contribution is 6.12. The molecule has 0 aliphatic heterocycles. The molecule has 0 fully saturated rings. The number of esters is 1. The van der Waals surface area contributed by atoms with E-state index in [0.29, 0.717) is 41.1 Å². The number of aliphatic hydroxyl groups excluding tert-OH is 2. The highest BCUT2D eigenvalue weighted by atomic mass is 19.1. The third-order valence-electron chi connectivity index (χ3n) is 10.1. The normalized spacial score (nSPS) is 12.7. The highest BCUT2D eigenvalue weighted by Gasteiger charge is 2.31. The van der Waals surface area contributed by atoms with Crippen LogP contribution in [-0.2, 0) is 20.9 Å². The zero-order valence-electron chi connectivity index (χ0n) is 38.6. The van der Waals surface area contributed by atoms with E-state index >= 15 is 0 Å². The fraction of sp³-hybridized carbons (Fsp3) is 0.364. The predicted octanol–water partition coefficient (Wildman–Crippen LogP) is 12.8. The van der Waals surface area contributed by atoms with E-state index in [-0.39, 0.29) is 43.0 Å². The van der Waals surface area contributed by atoms with Gasteiger partial charge in [-0.2, -0.15) is 0 Å². The maximum absolute atomic E-state index is 14.0. The van der Waals surface area contributed by atoms with E-state index in [1.54, 1.807) is 12.1 Å². The van der Waals surface area contributed by atoms with E-state index in [1.807, 2.05) is 86.0 Å². The van der Waals surface area contributed by atoms with E-state index in [1.165, 1.54) is 12.1 Å². The first kappa shape index (κ1) is 53.2. The number of carbonyl (C=O) groups is 3. The number of nitrogens with zero attached hydrogens (tertiary/aromatic N) is 1. The van der Waals surface area contributed by atoms with Crippen molar-refractivity contribution in [2.24, 2.45) is 0 Å². The van der Waals surface area contributed by atoms with Crippen LogP contribution in [0.25, 0.3) is 22.4 Å². The lowest BCUT2D eigenvalue weighted by molar-refractivity contribution is -0.143. The van der Waals surface area contributed by atoms with Crippen LogP contribution in [0.3, 0.4) is 0 Å². The van der Waals surface area contributed by atoms with Gasteiger partial charge in [-0.15, -0.1) is 0 Å². The Labute approximate surface area is 385 Å². The number of amides is 1. The number of aliphatic hydroxyl groups is 2. The number of allylic oxidation sites excluding steroid dienone is 10. The standard InChI is InChI=1S/C33H35FN2O5.C22H34O2/c1-21(2)31-30(33(41)35-25-11-7-4-8-12-25)29(22-9-5-3-6-10-22)32(23-13-15-24(34)16-14-23)36(31)18-17-26(37)19-27(38)20-28(39)40;1-3-5-6-7-8-9-10-11-12-13-14-15-16-17-18-19-20-21-22(23)24-4-2/h3-16,21,26-27,37-38H,17-20H2,1-2H3,(H,35,41)(H,39,40);5-6,8-9,11-12,14-15,17-18H,3-4,7,10,13,16,19-21H2,1-2H3/b;6-5-,9-8-,12-11-,15-14-,18-17-/t26-,27-;/m1./s1. The average Bonchev–Trinajstić information content (AvgIpc) is 3.63. The van der Waals surface area contributed by atoms with E-state index in [2.05, 4.69) is 73.0 Å². The van der Waals surface area contributed by atoms with Crippen molar-refractivity contribution >= 4 is 23.5 Å². The molecule has 348 valence electrons. The van der Waals surface area contributed by atoms with Crippen LogP contribution in [0.15, 0.2) is 146 Å². The van der Waals surface area contributed by atoms with Crippen LogP contribution >= 0.6 is 0 Å². The van der Waals surface area contributed by atoms with Crippen molar-refractivity contribution in [1.29, 1.82) is 0 Å². The first-order valence-corrected chi connectivity index (χ1v) is 22.9. The third-order valence-corrected chi connectivity index (χ3v) is 10.1.